The third-order valence-electron chi connectivity index (χ3n) is 9.00. The highest BCUT2D eigenvalue weighted by atomic mass is 32.2. The fourth-order valence-corrected chi connectivity index (χ4v) is 8.40. The van der Waals surface area contributed by atoms with Gasteiger partial charge in [0.25, 0.3) is 0 Å². The van der Waals surface area contributed by atoms with Gasteiger partial charge in [-0.15, -0.1) is 0 Å². The second-order valence-electron chi connectivity index (χ2n) is 11.9. The van der Waals surface area contributed by atoms with Crippen molar-refractivity contribution in [3.05, 3.63) is 108 Å². The molecular formula is C34H36N2O4S. The van der Waals surface area contributed by atoms with Crippen molar-refractivity contribution >= 4 is 9.84 Å². The number of hydrogen-bond acceptors (Lipinski definition) is 5. The van der Waals surface area contributed by atoms with E-state index in [1.807, 2.05) is 36.4 Å². The van der Waals surface area contributed by atoms with Crippen LogP contribution < -0.4 is 0 Å². The zero-order chi connectivity index (χ0) is 28.0. The first-order chi connectivity index (χ1) is 19.9. The van der Waals surface area contributed by atoms with Gasteiger partial charge in [0, 0.05) is 30.7 Å². The second-order valence-corrected chi connectivity index (χ2v) is 14.2. The van der Waals surface area contributed by atoms with Crippen molar-refractivity contribution in [3.8, 4) is 11.4 Å². The topological polar surface area (TPSA) is 81.3 Å². The van der Waals surface area contributed by atoms with E-state index in [-0.39, 0.29) is 23.4 Å². The van der Waals surface area contributed by atoms with Crippen LogP contribution in [0.25, 0.3) is 11.4 Å². The molecule has 2 aliphatic carbocycles. The van der Waals surface area contributed by atoms with Gasteiger partial charge in [-0.25, -0.2) is 8.42 Å². The summed E-state index contributed by atoms with van der Waals surface area (Å²) in [4.78, 5) is 8.57. The number of hydrogen-bond donors (Lipinski definition) is 1. The predicted octanol–water partition coefficient (Wildman–Crippen LogP) is 7.21. The highest BCUT2D eigenvalue weighted by molar-refractivity contribution is 7.92. The lowest BCUT2D eigenvalue weighted by Crippen LogP contribution is -2.27. The zero-order valence-corrected chi connectivity index (χ0v) is 24.1. The number of aromatic nitrogens is 2. The van der Waals surface area contributed by atoms with Crippen LogP contribution in [0.3, 0.4) is 0 Å². The van der Waals surface area contributed by atoms with E-state index in [0.717, 1.165) is 66.7 Å². The molecule has 3 heterocycles. The fourth-order valence-electron chi connectivity index (χ4n) is 6.74. The van der Waals surface area contributed by atoms with Crippen LogP contribution in [0, 0.1) is 5.92 Å². The number of aromatic amines is 1. The van der Waals surface area contributed by atoms with Gasteiger partial charge in [-0.2, -0.15) is 0 Å². The Morgan fingerprint density at radius 1 is 0.927 bits per heavy atom. The Morgan fingerprint density at radius 2 is 1.71 bits per heavy atom. The van der Waals surface area contributed by atoms with Crippen LogP contribution in [-0.2, 0) is 19.3 Å². The van der Waals surface area contributed by atoms with Gasteiger partial charge in [0.15, 0.2) is 15.6 Å². The van der Waals surface area contributed by atoms with E-state index in [9.17, 15) is 8.42 Å². The van der Waals surface area contributed by atoms with E-state index in [4.69, 9.17) is 9.47 Å². The van der Waals surface area contributed by atoms with Crippen LogP contribution in [0.1, 0.15) is 74.3 Å². The van der Waals surface area contributed by atoms with Crippen LogP contribution in [0.2, 0.25) is 0 Å². The van der Waals surface area contributed by atoms with E-state index < -0.39 is 15.6 Å². The molecular weight excluding hydrogens is 532 g/mol. The molecule has 212 valence electrons. The summed E-state index contributed by atoms with van der Waals surface area (Å²) in [6.07, 6.45) is 6.93. The Bertz CT molecular complexity index is 1600. The summed E-state index contributed by atoms with van der Waals surface area (Å²) in [5, 5.41) is -0.211. The zero-order valence-electron chi connectivity index (χ0n) is 23.3. The molecule has 1 spiro atoms. The maximum atomic E-state index is 12.8. The largest absolute Gasteiger partial charge is 0.357 e. The van der Waals surface area contributed by atoms with Crippen molar-refractivity contribution in [2.24, 2.45) is 5.92 Å². The summed E-state index contributed by atoms with van der Waals surface area (Å²) in [7, 11) is -3.22. The minimum atomic E-state index is -3.22. The van der Waals surface area contributed by atoms with Gasteiger partial charge in [-0.3, -0.25) is 4.98 Å². The molecule has 7 heteroatoms. The van der Waals surface area contributed by atoms with E-state index in [2.05, 4.69) is 53.3 Å². The normalized spacial score (nSPS) is 26.9. The first-order valence-electron chi connectivity index (χ1n) is 14.7. The van der Waals surface area contributed by atoms with Gasteiger partial charge in [0.05, 0.1) is 27.6 Å². The molecule has 7 rings (SSSR count). The molecule has 0 amide bonds. The van der Waals surface area contributed by atoms with E-state index in [0.29, 0.717) is 10.8 Å². The lowest BCUT2D eigenvalue weighted by atomic mass is 9.85. The SMILES string of the molecule is C[C@H]1OC2(CC[C@H](CC(c3ccc(S(=O)(=O)C4CC4)cc3)c3ccc(-c4ccccn4)[nH]3)C2)O[C@@H]1c1ccccc1. The Balaban J connectivity index is 1.14. The minimum absolute atomic E-state index is 0.00255. The minimum Gasteiger partial charge on any atom is -0.357 e. The third kappa shape index (κ3) is 5.27. The molecule has 2 aromatic heterocycles. The van der Waals surface area contributed by atoms with Crippen molar-refractivity contribution < 1.29 is 17.9 Å². The maximum absolute atomic E-state index is 12.8. The van der Waals surface area contributed by atoms with Crippen molar-refractivity contribution in [1.82, 2.24) is 9.97 Å². The molecule has 1 aliphatic heterocycles. The molecule has 3 aliphatic rings. The van der Waals surface area contributed by atoms with Gasteiger partial charge >= 0.3 is 0 Å². The van der Waals surface area contributed by atoms with Crippen LogP contribution in [0.15, 0.2) is 96.0 Å². The lowest BCUT2D eigenvalue weighted by Gasteiger charge is -2.25. The maximum Gasteiger partial charge on any atom is 0.181 e. The molecule has 41 heavy (non-hydrogen) atoms. The van der Waals surface area contributed by atoms with Gasteiger partial charge in [-0.05, 0) is 86.1 Å². The van der Waals surface area contributed by atoms with Crippen LogP contribution in [0.4, 0.5) is 0 Å². The Hall–Kier alpha value is -3.26. The summed E-state index contributed by atoms with van der Waals surface area (Å²) < 4.78 is 38.9. The molecule has 6 nitrogen and oxygen atoms in total. The smallest absolute Gasteiger partial charge is 0.181 e. The first kappa shape index (κ1) is 26.6. The summed E-state index contributed by atoms with van der Waals surface area (Å²) in [5.41, 5.74) is 5.25. The quantitative estimate of drug-likeness (QED) is 0.243. The number of ether oxygens (including phenoxy) is 2. The molecule has 0 bridgehead atoms. The molecule has 2 unspecified atom stereocenters. The highest BCUT2D eigenvalue weighted by Crippen LogP contribution is 2.51. The molecule has 1 N–H and O–H groups in total. The molecule has 0 radical (unpaired) electrons. The number of pyridine rings is 1. The molecule has 5 atom stereocenters. The van der Waals surface area contributed by atoms with Crippen molar-refractivity contribution in [3.63, 3.8) is 0 Å². The summed E-state index contributed by atoms with van der Waals surface area (Å²) in [5.74, 6) is -0.0705. The number of nitrogens with zero attached hydrogens (tertiary/aromatic N) is 1. The van der Waals surface area contributed by atoms with Gasteiger partial charge < -0.3 is 14.5 Å². The first-order valence-corrected chi connectivity index (χ1v) is 16.3. The van der Waals surface area contributed by atoms with E-state index in [1.165, 1.54) is 0 Å². The molecule has 2 aromatic carbocycles. The second kappa shape index (κ2) is 10.5. The van der Waals surface area contributed by atoms with Crippen LogP contribution in [-0.4, -0.2) is 35.5 Å². The highest BCUT2D eigenvalue weighted by Gasteiger charge is 2.51. The van der Waals surface area contributed by atoms with E-state index >= 15 is 0 Å². The summed E-state index contributed by atoms with van der Waals surface area (Å²) in [6.45, 7) is 2.11. The number of nitrogens with one attached hydrogen (secondary N) is 1. The summed E-state index contributed by atoms with van der Waals surface area (Å²) in [6, 6.07) is 28.1. The van der Waals surface area contributed by atoms with Crippen molar-refractivity contribution in [1.29, 1.82) is 0 Å². The fraction of sp³-hybridized carbons (Fsp3) is 0.382. The van der Waals surface area contributed by atoms with Gasteiger partial charge in [0.2, 0.25) is 0 Å². The Labute approximate surface area is 242 Å². The van der Waals surface area contributed by atoms with Gasteiger partial charge in [-0.1, -0.05) is 48.5 Å². The lowest BCUT2D eigenvalue weighted by molar-refractivity contribution is -0.171. The number of rotatable bonds is 8. The van der Waals surface area contributed by atoms with Crippen molar-refractivity contribution in [2.75, 3.05) is 0 Å². The number of benzene rings is 2. The Kier molecular flexibility index (Phi) is 6.84. The average Bonchev–Trinajstić information content (AvgIpc) is 3.51. The predicted molar refractivity (Wildman–Crippen MR) is 158 cm³/mol. The Morgan fingerprint density at radius 3 is 2.44 bits per heavy atom. The monoisotopic (exact) mass is 568 g/mol. The standard InChI is InChI=1S/C34H36N2O4S/c1-23-33(26-7-3-2-4-8-26)40-34(39-23)19-18-24(22-34)21-29(30-16-17-32(36-30)31-9-5-6-20-35-31)25-10-12-27(13-11-25)41(37,38)28-14-15-28/h2-13,16-17,20,23-24,28-29,33,36H,14-15,18-19,21-22H2,1H3/t23-,24-,29?,33+,34?/m1/s1. The van der Waals surface area contributed by atoms with Crippen LogP contribution in [0.5, 0.6) is 0 Å². The van der Waals surface area contributed by atoms with E-state index in [1.54, 1.807) is 18.3 Å². The average molecular weight is 569 g/mol. The molecule has 3 fully saturated rings. The van der Waals surface area contributed by atoms with Gasteiger partial charge in [0.1, 0.15) is 6.10 Å². The summed E-state index contributed by atoms with van der Waals surface area (Å²) >= 11 is 0. The number of H-pyrrole nitrogens is 1. The molecule has 4 aromatic rings. The third-order valence-corrected chi connectivity index (χ3v) is 11.3. The molecule has 2 saturated carbocycles. The molecule has 1 saturated heterocycles. The van der Waals surface area contributed by atoms with Crippen LogP contribution >= 0.6 is 0 Å². The number of sulfone groups is 1. The van der Waals surface area contributed by atoms with Crippen molar-refractivity contribution in [2.45, 2.75) is 79.5 Å².